The van der Waals surface area contributed by atoms with Crippen LogP contribution in [-0.2, 0) is 21.4 Å². The SMILES string of the molecule is CON(C)S(=O)(=O)c1ccc(NC(=O)NCc2ccnc(N3CCCC3)c2)cc1. The fourth-order valence-electron chi connectivity index (χ4n) is 3.00. The van der Waals surface area contributed by atoms with E-state index in [1.54, 1.807) is 6.20 Å². The zero-order chi connectivity index (χ0) is 20.9. The zero-order valence-corrected chi connectivity index (χ0v) is 17.3. The fraction of sp³-hybridized carbons (Fsp3) is 0.368. The Morgan fingerprint density at radius 2 is 1.90 bits per heavy atom. The van der Waals surface area contributed by atoms with Gasteiger partial charge in [-0.15, -0.1) is 0 Å². The Kier molecular flexibility index (Phi) is 6.68. The molecule has 2 aromatic rings. The Labute approximate surface area is 170 Å². The lowest BCUT2D eigenvalue weighted by molar-refractivity contribution is -0.0258. The smallest absolute Gasteiger partial charge is 0.319 e. The topological polar surface area (TPSA) is 104 Å². The summed E-state index contributed by atoms with van der Waals surface area (Å²) < 4.78 is 25.1. The number of carbonyl (C=O) groups excluding carboxylic acids is 1. The van der Waals surface area contributed by atoms with Crippen LogP contribution in [0.4, 0.5) is 16.3 Å². The van der Waals surface area contributed by atoms with Gasteiger partial charge in [-0.3, -0.25) is 4.84 Å². The highest BCUT2D eigenvalue weighted by Crippen LogP contribution is 2.19. The lowest BCUT2D eigenvalue weighted by Gasteiger charge is -2.17. The van der Waals surface area contributed by atoms with E-state index in [9.17, 15) is 13.2 Å². The Bertz CT molecular complexity index is 943. The van der Waals surface area contributed by atoms with E-state index < -0.39 is 10.0 Å². The second-order valence-electron chi connectivity index (χ2n) is 6.65. The molecule has 2 N–H and O–H groups in total. The Balaban J connectivity index is 1.55. The van der Waals surface area contributed by atoms with Crippen molar-refractivity contribution < 1.29 is 18.0 Å². The number of aromatic nitrogens is 1. The number of sulfonamides is 1. The third-order valence-electron chi connectivity index (χ3n) is 4.70. The van der Waals surface area contributed by atoms with Crippen LogP contribution in [0.15, 0.2) is 47.5 Å². The molecule has 29 heavy (non-hydrogen) atoms. The van der Waals surface area contributed by atoms with Crippen molar-refractivity contribution >= 4 is 27.6 Å². The van der Waals surface area contributed by atoms with Gasteiger partial charge in [-0.05, 0) is 54.8 Å². The molecule has 9 nitrogen and oxygen atoms in total. The van der Waals surface area contributed by atoms with Crippen molar-refractivity contribution in [1.82, 2.24) is 14.8 Å². The minimum Gasteiger partial charge on any atom is -0.357 e. The third kappa shape index (κ3) is 5.22. The molecule has 0 bridgehead atoms. The maximum Gasteiger partial charge on any atom is 0.319 e. The minimum absolute atomic E-state index is 0.0686. The highest BCUT2D eigenvalue weighted by Gasteiger charge is 2.20. The number of benzene rings is 1. The number of hydrogen-bond acceptors (Lipinski definition) is 6. The summed E-state index contributed by atoms with van der Waals surface area (Å²) >= 11 is 0. The number of anilines is 2. The van der Waals surface area contributed by atoms with Gasteiger partial charge in [0, 0.05) is 38.6 Å². The van der Waals surface area contributed by atoms with Crippen molar-refractivity contribution in [3.63, 3.8) is 0 Å². The van der Waals surface area contributed by atoms with Gasteiger partial charge >= 0.3 is 6.03 Å². The molecule has 1 aliphatic heterocycles. The first-order chi connectivity index (χ1) is 13.9. The summed E-state index contributed by atoms with van der Waals surface area (Å²) in [7, 11) is -1.14. The summed E-state index contributed by atoms with van der Waals surface area (Å²) in [6.45, 7) is 2.38. The van der Waals surface area contributed by atoms with E-state index in [4.69, 9.17) is 4.84 Å². The summed E-state index contributed by atoms with van der Waals surface area (Å²) in [5.41, 5.74) is 1.44. The molecule has 0 atom stereocenters. The van der Waals surface area contributed by atoms with Crippen LogP contribution in [0.25, 0.3) is 0 Å². The van der Waals surface area contributed by atoms with Crippen LogP contribution < -0.4 is 15.5 Å². The molecule has 1 fully saturated rings. The quantitative estimate of drug-likeness (QED) is 0.667. The molecule has 0 saturated carbocycles. The first kappa shape index (κ1) is 21.0. The van der Waals surface area contributed by atoms with Gasteiger partial charge in [0.25, 0.3) is 10.0 Å². The fourth-order valence-corrected chi connectivity index (χ4v) is 3.98. The number of hydrogen-bond donors (Lipinski definition) is 2. The van der Waals surface area contributed by atoms with Gasteiger partial charge in [-0.2, -0.15) is 0 Å². The summed E-state index contributed by atoms with van der Waals surface area (Å²) in [6.07, 6.45) is 4.10. The standard InChI is InChI=1S/C19H25N5O4S/c1-23(28-2)29(26,27)17-7-5-16(6-8-17)22-19(25)21-14-15-9-10-20-18(13-15)24-11-3-4-12-24/h5-10,13H,3-4,11-12,14H2,1-2H3,(H2,21,22,25). The first-order valence-electron chi connectivity index (χ1n) is 9.28. The van der Waals surface area contributed by atoms with Gasteiger partial charge in [0.15, 0.2) is 0 Å². The highest BCUT2D eigenvalue weighted by atomic mass is 32.2. The van der Waals surface area contributed by atoms with Crippen molar-refractivity contribution in [1.29, 1.82) is 0 Å². The number of urea groups is 1. The molecule has 2 amide bonds. The zero-order valence-electron chi connectivity index (χ0n) is 16.5. The van der Waals surface area contributed by atoms with Crippen LogP contribution in [-0.4, -0.2) is 51.1 Å². The predicted molar refractivity (Wildman–Crippen MR) is 110 cm³/mol. The van der Waals surface area contributed by atoms with E-state index in [-0.39, 0.29) is 10.9 Å². The van der Waals surface area contributed by atoms with Crippen LogP contribution >= 0.6 is 0 Å². The molecule has 1 saturated heterocycles. The van der Waals surface area contributed by atoms with Crippen LogP contribution in [0.1, 0.15) is 18.4 Å². The molecular weight excluding hydrogens is 394 g/mol. The highest BCUT2D eigenvalue weighted by molar-refractivity contribution is 7.89. The van der Waals surface area contributed by atoms with Crippen molar-refractivity contribution in [2.75, 3.05) is 37.5 Å². The number of rotatable bonds is 7. The summed E-state index contributed by atoms with van der Waals surface area (Å²) in [5, 5.41) is 5.48. The first-order valence-corrected chi connectivity index (χ1v) is 10.7. The molecule has 2 heterocycles. The number of amides is 2. The number of nitrogens with one attached hydrogen (secondary N) is 2. The average Bonchev–Trinajstić information content (AvgIpc) is 3.27. The van der Waals surface area contributed by atoms with Gasteiger partial charge in [-0.1, -0.05) is 4.47 Å². The van der Waals surface area contributed by atoms with Crippen molar-refractivity contribution in [3.05, 3.63) is 48.2 Å². The van der Waals surface area contributed by atoms with Crippen LogP contribution in [0, 0.1) is 0 Å². The van der Waals surface area contributed by atoms with Gasteiger partial charge in [0.05, 0.1) is 12.0 Å². The predicted octanol–water partition coefficient (Wildman–Crippen LogP) is 2.19. The molecule has 1 aromatic heterocycles. The molecule has 10 heteroatoms. The van der Waals surface area contributed by atoms with Gasteiger partial charge < -0.3 is 15.5 Å². The number of pyridine rings is 1. The molecule has 1 aromatic carbocycles. The van der Waals surface area contributed by atoms with Gasteiger partial charge in [0.1, 0.15) is 5.82 Å². The largest absolute Gasteiger partial charge is 0.357 e. The molecule has 0 spiro atoms. The third-order valence-corrected chi connectivity index (χ3v) is 6.39. The monoisotopic (exact) mass is 419 g/mol. The lowest BCUT2D eigenvalue weighted by Crippen LogP contribution is -2.28. The summed E-state index contributed by atoms with van der Waals surface area (Å²) in [6, 6.07) is 9.33. The van der Waals surface area contributed by atoms with E-state index in [2.05, 4.69) is 20.5 Å². The Hall–Kier alpha value is -2.69. The summed E-state index contributed by atoms with van der Waals surface area (Å²) in [5.74, 6) is 0.931. The van der Waals surface area contributed by atoms with E-state index in [1.165, 1.54) is 51.3 Å². The molecule has 0 radical (unpaired) electrons. The molecular formula is C19H25N5O4S. The maximum absolute atomic E-state index is 12.2. The average molecular weight is 420 g/mol. The maximum atomic E-state index is 12.2. The normalized spacial score (nSPS) is 14.2. The van der Waals surface area contributed by atoms with Crippen molar-refractivity contribution in [2.24, 2.45) is 0 Å². The van der Waals surface area contributed by atoms with Crippen molar-refractivity contribution in [3.8, 4) is 0 Å². The molecule has 156 valence electrons. The second-order valence-corrected chi connectivity index (χ2v) is 8.58. The number of nitrogens with zero attached hydrogens (tertiary/aromatic N) is 3. The van der Waals surface area contributed by atoms with E-state index in [1.807, 2.05) is 12.1 Å². The second kappa shape index (κ2) is 9.21. The Morgan fingerprint density at radius 3 is 2.55 bits per heavy atom. The van der Waals surface area contributed by atoms with Crippen molar-refractivity contribution in [2.45, 2.75) is 24.3 Å². The lowest BCUT2D eigenvalue weighted by atomic mass is 10.2. The van der Waals surface area contributed by atoms with Crippen LogP contribution in [0.2, 0.25) is 0 Å². The Morgan fingerprint density at radius 1 is 1.21 bits per heavy atom. The molecule has 0 unspecified atom stereocenters. The molecule has 3 rings (SSSR count). The van der Waals surface area contributed by atoms with E-state index in [0.29, 0.717) is 12.2 Å². The van der Waals surface area contributed by atoms with E-state index >= 15 is 0 Å². The number of hydroxylamine groups is 1. The van der Waals surface area contributed by atoms with E-state index in [0.717, 1.165) is 28.9 Å². The molecule has 0 aliphatic carbocycles. The minimum atomic E-state index is -3.72. The van der Waals surface area contributed by atoms with Gasteiger partial charge in [0.2, 0.25) is 0 Å². The van der Waals surface area contributed by atoms with Crippen LogP contribution in [0.5, 0.6) is 0 Å². The molecule has 1 aliphatic rings. The number of carbonyl (C=O) groups is 1. The summed E-state index contributed by atoms with van der Waals surface area (Å²) in [4.78, 5) is 23.6. The van der Waals surface area contributed by atoms with Crippen LogP contribution in [0.3, 0.4) is 0 Å². The van der Waals surface area contributed by atoms with Gasteiger partial charge in [-0.25, -0.2) is 18.2 Å².